The fourth-order valence-corrected chi connectivity index (χ4v) is 1.94. The van der Waals surface area contributed by atoms with Crippen LogP contribution in [0.25, 0.3) is 11.4 Å². The molecule has 1 saturated heterocycles. The van der Waals surface area contributed by atoms with Gasteiger partial charge in [0, 0.05) is 31.0 Å². The van der Waals surface area contributed by atoms with Crippen LogP contribution in [0, 0.1) is 0 Å². The van der Waals surface area contributed by atoms with E-state index in [1.807, 2.05) is 12.1 Å². The Morgan fingerprint density at radius 3 is 3.16 bits per heavy atom. The van der Waals surface area contributed by atoms with E-state index in [4.69, 9.17) is 4.52 Å². The van der Waals surface area contributed by atoms with Crippen LogP contribution in [-0.4, -0.2) is 40.2 Å². The molecular weight excluding hydrogens is 246 g/mol. The number of hydrogen-bond acceptors (Lipinski definition) is 6. The molecule has 0 radical (unpaired) electrons. The van der Waals surface area contributed by atoms with Crippen LogP contribution in [0.2, 0.25) is 0 Å². The average molecular weight is 259 g/mol. The number of nitrogens with zero attached hydrogens (tertiary/aromatic N) is 3. The maximum absolute atomic E-state index is 11.6. The Hall–Kier alpha value is -2.28. The minimum atomic E-state index is -0.309. The van der Waals surface area contributed by atoms with Gasteiger partial charge in [-0.3, -0.25) is 9.78 Å². The summed E-state index contributed by atoms with van der Waals surface area (Å²) in [5.41, 5.74) is 0.790. The molecule has 2 aromatic rings. The maximum Gasteiger partial charge on any atom is 0.237 e. The summed E-state index contributed by atoms with van der Waals surface area (Å²) in [7, 11) is 0. The Morgan fingerprint density at radius 1 is 1.42 bits per heavy atom. The zero-order valence-electron chi connectivity index (χ0n) is 10.2. The molecule has 2 aromatic heterocycles. The fraction of sp³-hybridized carbons (Fsp3) is 0.333. The van der Waals surface area contributed by atoms with Crippen molar-refractivity contribution < 1.29 is 9.32 Å². The molecule has 1 fully saturated rings. The zero-order chi connectivity index (χ0) is 13.1. The summed E-state index contributed by atoms with van der Waals surface area (Å²) in [6, 6.07) is 3.35. The summed E-state index contributed by atoms with van der Waals surface area (Å²) in [5, 5.41) is 9.80. The van der Waals surface area contributed by atoms with E-state index in [9.17, 15) is 4.79 Å². The van der Waals surface area contributed by atoms with Crippen molar-refractivity contribution in [3.63, 3.8) is 0 Å². The Labute approximate surface area is 109 Å². The summed E-state index contributed by atoms with van der Waals surface area (Å²) in [6.07, 6.45) is 3.74. The third-order valence-electron chi connectivity index (χ3n) is 2.90. The molecule has 1 aliphatic heterocycles. The van der Waals surface area contributed by atoms with Crippen molar-refractivity contribution in [1.82, 2.24) is 25.8 Å². The van der Waals surface area contributed by atoms with Crippen LogP contribution >= 0.6 is 0 Å². The summed E-state index contributed by atoms with van der Waals surface area (Å²) in [4.78, 5) is 19.9. The minimum absolute atomic E-state index is 0.0348. The predicted octanol–water partition coefficient (Wildman–Crippen LogP) is -0.238. The van der Waals surface area contributed by atoms with Gasteiger partial charge in [0.25, 0.3) is 0 Å². The van der Waals surface area contributed by atoms with Gasteiger partial charge in [-0.25, -0.2) is 0 Å². The molecule has 7 nitrogen and oxygen atoms in total. The van der Waals surface area contributed by atoms with Crippen molar-refractivity contribution in [2.45, 2.75) is 12.5 Å². The molecule has 2 N–H and O–H groups in total. The van der Waals surface area contributed by atoms with Crippen molar-refractivity contribution in [3.8, 4) is 11.4 Å². The molecular formula is C12H13N5O2. The van der Waals surface area contributed by atoms with Crippen LogP contribution in [0.1, 0.15) is 5.89 Å². The van der Waals surface area contributed by atoms with Gasteiger partial charge >= 0.3 is 0 Å². The molecule has 0 saturated carbocycles. The SMILES string of the molecule is O=C1NCCNC1Cc1nc(-c2cccnc2)no1. The summed E-state index contributed by atoms with van der Waals surface area (Å²) < 4.78 is 5.16. The van der Waals surface area contributed by atoms with E-state index in [1.165, 1.54) is 0 Å². The van der Waals surface area contributed by atoms with Gasteiger partial charge in [-0.05, 0) is 12.1 Å². The molecule has 1 amide bonds. The monoisotopic (exact) mass is 259 g/mol. The van der Waals surface area contributed by atoms with E-state index < -0.39 is 0 Å². The third-order valence-corrected chi connectivity index (χ3v) is 2.90. The van der Waals surface area contributed by atoms with Gasteiger partial charge in [0.15, 0.2) is 0 Å². The lowest BCUT2D eigenvalue weighted by Gasteiger charge is -2.21. The van der Waals surface area contributed by atoms with Crippen molar-refractivity contribution in [3.05, 3.63) is 30.4 Å². The Bertz CT molecular complexity index is 569. The van der Waals surface area contributed by atoms with Gasteiger partial charge in [0.2, 0.25) is 17.6 Å². The highest BCUT2D eigenvalue weighted by Gasteiger charge is 2.24. The largest absolute Gasteiger partial charge is 0.353 e. The lowest BCUT2D eigenvalue weighted by Crippen LogP contribution is -2.53. The molecule has 0 aromatic carbocycles. The first-order valence-electron chi connectivity index (χ1n) is 6.07. The second-order valence-corrected chi connectivity index (χ2v) is 4.26. The Morgan fingerprint density at radius 2 is 2.37 bits per heavy atom. The molecule has 0 spiro atoms. The molecule has 1 unspecified atom stereocenters. The third kappa shape index (κ3) is 2.60. The molecule has 3 rings (SSSR count). The second-order valence-electron chi connectivity index (χ2n) is 4.26. The van der Waals surface area contributed by atoms with E-state index in [0.717, 1.165) is 12.1 Å². The van der Waals surface area contributed by atoms with Crippen LogP contribution in [0.5, 0.6) is 0 Å². The molecule has 1 aliphatic rings. The normalized spacial score (nSPS) is 19.2. The van der Waals surface area contributed by atoms with Gasteiger partial charge in [0.1, 0.15) is 0 Å². The maximum atomic E-state index is 11.6. The number of piperazine rings is 1. The Kier molecular flexibility index (Phi) is 3.20. The Balaban J connectivity index is 1.73. The molecule has 0 bridgehead atoms. The van der Waals surface area contributed by atoms with E-state index in [2.05, 4.69) is 25.8 Å². The number of hydrogen-bond donors (Lipinski definition) is 2. The second kappa shape index (κ2) is 5.15. The number of amides is 1. The molecule has 0 aliphatic carbocycles. The van der Waals surface area contributed by atoms with Crippen molar-refractivity contribution in [2.24, 2.45) is 0 Å². The minimum Gasteiger partial charge on any atom is -0.353 e. The number of carbonyl (C=O) groups is 1. The first-order valence-corrected chi connectivity index (χ1v) is 6.07. The quantitative estimate of drug-likeness (QED) is 0.790. The van der Waals surface area contributed by atoms with E-state index >= 15 is 0 Å². The standard InChI is InChI=1S/C12H13N5O2/c18-12-9(14-4-5-15-12)6-10-16-11(17-19-10)8-2-1-3-13-7-8/h1-3,7,9,14H,4-6H2,(H,15,18). The first kappa shape index (κ1) is 11.8. The molecule has 98 valence electrons. The highest BCUT2D eigenvalue weighted by atomic mass is 16.5. The van der Waals surface area contributed by atoms with Crippen LogP contribution in [-0.2, 0) is 11.2 Å². The van der Waals surface area contributed by atoms with Gasteiger partial charge in [-0.2, -0.15) is 4.98 Å². The number of nitrogens with one attached hydrogen (secondary N) is 2. The van der Waals surface area contributed by atoms with Crippen LogP contribution < -0.4 is 10.6 Å². The highest BCUT2D eigenvalue weighted by Crippen LogP contribution is 2.14. The molecule has 1 atom stereocenters. The van der Waals surface area contributed by atoms with E-state index in [0.29, 0.717) is 24.7 Å². The van der Waals surface area contributed by atoms with Crippen LogP contribution in [0.15, 0.2) is 29.0 Å². The molecule has 7 heteroatoms. The van der Waals surface area contributed by atoms with Crippen LogP contribution in [0.3, 0.4) is 0 Å². The fourth-order valence-electron chi connectivity index (χ4n) is 1.94. The van der Waals surface area contributed by atoms with Crippen molar-refractivity contribution in [2.75, 3.05) is 13.1 Å². The number of carbonyl (C=O) groups excluding carboxylic acids is 1. The van der Waals surface area contributed by atoms with E-state index in [1.54, 1.807) is 12.4 Å². The topological polar surface area (TPSA) is 92.9 Å². The zero-order valence-corrected chi connectivity index (χ0v) is 10.2. The number of rotatable bonds is 3. The predicted molar refractivity (Wildman–Crippen MR) is 66.0 cm³/mol. The highest BCUT2D eigenvalue weighted by molar-refractivity contribution is 5.82. The lowest BCUT2D eigenvalue weighted by molar-refractivity contribution is -0.124. The summed E-state index contributed by atoms with van der Waals surface area (Å²) >= 11 is 0. The van der Waals surface area contributed by atoms with Crippen molar-refractivity contribution >= 4 is 5.91 Å². The number of aromatic nitrogens is 3. The van der Waals surface area contributed by atoms with Gasteiger partial charge in [-0.1, -0.05) is 5.16 Å². The van der Waals surface area contributed by atoms with Gasteiger partial charge in [0.05, 0.1) is 12.5 Å². The molecule has 19 heavy (non-hydrogen) atoms. The smallest absolute Gasteiger partial charge is 0.237 e. The van der Waals surface area contributed by atoms with Crippen LogP contribution in [0.4, 0.5) is 0 Å². The lowest BCUT2D eigenvalue weighted by atomic mass is 10.1. The molecule has 3 heterocycles. The van der Waals surface area contributed by atoms with Crippen molar-refractivity contribution in [1.29, 1.82) is 0 Å². The van der Waals surface area contributed by atoms with E-state index in [-0.39, 0.29) is 11.9 Å². The number of pyridine rings is 1. The average Bonchev–Trinajstić information content (AvgIpc) is 2.91. The van der Waals surface area contributed by atoms with Gasteiger partial charge < -0.3 is 15.2 Å². The first-order chi connectivity index (χ1) is 9.33. The summed E-state index contributed by atoms with van der Waals surface area (Å²) in [6.45, 7) is 1.40. The summed E-state index contributed by atoms with van der Waals surface area (Å²) in [5.74, 6) is 0.889. The van der Waals surface area contributed by atoms with Gasteiger partial charge in [-0.15, -0.1) is 0 Å².